The summed E-state index contributed by atoms with van der Waals surface area (Å²) in [7, 11) is -3.39. The van der Waals surface area contributed by atoms with E-state index >= 15 is 0 Å². The maximum atomic E-state index is 12.8. The number of nitrogens with one attached hydrogen (secondary N) is 1. The molecular formula is C22H20N2O5S2. The molecule has 3 rings (SSSR count). The van der Waals surface area contributed by atoms with Crippen LogP contribution in [0.3, 0.4) is 0 Å². The van der Waals surface area contributed by atoms with Gasteiger partial charge in [0, 0.05) is 18.2 Å². The second-order valence-electron chi connectivity index (χ2n) is 6.96. The molecular weight excluding hydrogens is 436 g/mol. The quantitative estimate of drug-likeness (QED) is 0.528. The first-order valence-electron chi connectivity index (χ1n) is 9.19. The molecule has 0 aliphatic heterocycles. The van der Waals surface area contributed by atoms with E-state index in [0.717, 1.165) is 23.2 Å². The van der Waals surface area contributed by atoms with Gasteiger partial charge in [-0.2, -0.15) is 0 Å². The summed E-state index contributed by atoms with van der Waals surface area (Å²) in [5.41, 5.74) is 7.04. The van der Waals surface area contributed by atoms with Gasteiger partial charge in [0.05, 0.1) is 15.3 Å². The number of carbonyl (C=O) groups is 3. The lowest BCUT2D eigenvalue weighted by Gasteiger charge is -2.06. The summed E-state index contributed by atoms with van der Waals surface area (Å²) in [6.45, 7) is 1.62. The number of hydrogen-bond donors (Lipinski definition) is 2. The number of anilines is 1. The van der Waals surface area contributed by atoms with Gasteiger partial charge in [-0.1, -0.05) is 30.3 Å². The van der Waals surface area contributed by atoms with Gasteiger partial charge in [0.15, 0.2) is 15.6 Å². The highest BCUT2D eigenvalue weighted by Crippen LogP contribution is 2.34. The number of primary amides is 1. The van der Waals surface area contributed by atoms with Crippen LogP contribution in [0.4, 0.5) is 5.00 Å². The Morgan fingerprint density at radius 3 is 2.16 bits per heavy atom. The van der Waals surface area contributed by atoms with Gasteiger partial charge in [0.25, 0.3) is 11.8 Å². The number of sulfone groups is 1. The van der Waals surface area contributed by atoms with Gasteiger partial charge in [-0.15, -0.1) is 11.3 Å². The van der Waals surface area contributed by atoms with E-state index in [1.54, 1.807) is 6.92 Å². The molecule has 0 aliphatic carbocycles. The van der Waals surface area contributed by atoms with Crippen LogP contribution in [0.1, 0.15) is 41.5 Å². The van der Waals surface area contributed by atoms with Crippen LogP contribution < -0.4 is 11.1 Å². The Kier molecular flexibility index (Phi) is 6.37. The van der Waals surface area contributed by atoms with E-state index in [1.165, 1.54) is 24.3 Å². The van der Waals surface area contributed by atoms with Crippen LogP contribution in [0.2, 0.25) is 0 Å². The number of benzene rings is 2. The molecule has 9 heteroatoms. The average Bonchev–Trinajstić information content (AvgIpc) is 3.04. The van der Waals surface area contributed by atoms with E-state index in [2.05, 4.69) is 5.32 Å². The maximum absolute atomic E-state index is 12.8. The van der Waals surface area contributed by atoms with Crippen molar-refractivity contribution in [3.8, 4) is 0 Å². The summed E-state index contributed by atoms with van der Waals surface area (Å²) in [5, 5.41) is 2.80. The molecule has 7 nitrogen and oxygen atoms in total. The zero-order valence-electron chi connectivity index (χ0n) is 16.8. The molecule has 0 atom stereocenters. The summed E-state index contributed by atoms with van der Waals surface area (Å²) in [5.74, 6) is -1.49. The summed E-state index contributed by atoms with van der Waals surface area (Å²) in [6.07, 6.45) is 1.23. The van der Waals surface area contributed by atoms with Crippen molar-refractivity contribution >= 4 is 43.8 Å². The van der Waals surface area contributed by atoms with Gasteiger partial charge >= 0.3 is 0 Å². The molecule has 0 aliphatic rings. The number of amides is 2. The predicted octanol–water partition coefficient (Wildman–Crippen LogP) is 3.24. The van der Waals surface area contributed by atoms with Gasteiger partial charge < -0.3 is 11.1 Å². The highest BCUT2D eigenvalue weighted by Gasteiger charge is 2.24. The number of carbonyl (C=O) groups excluding carboxylic acids is 3. The van der Waals surface area contributed by atoms with E-state index in [9.17, 15) is 22.8 Å². The monoisotopic (exact) mass is 456 g/mol. The zero-order chi connectivity index (χ0) is 22.8. The molecule has 1 aromatic heterocycles. The molecule has 0 unspecified atom stereocenters. The highest BCUT2D eigenvalue weighted by molar-refractivity contribution is 7.90. The fraction of sp³-hybridized carbons (Fsp3) is 0.136. The van der Waals surface area contributed by atoms with Crippen molar-refractivity contribution in [2.75, 3.05) is 11.6 Å². The van der Waals surface area contributed by atoms with Crippen molar-refractivity contribution < 1.29 is 22.8 Å². The number of nitrogens with two attached hydrogens (primary N) is 1. The predicted molar refractivity (Wildman–Crippen MR) is 120 cm³/mol. The Bertz CT molecular complexity index is 1260. The molecule has 3 N–H and O–H groups in total. The summed E-state index contributed by atoms with van der Waals surface area (Å²) in [4.78, 5) is 37.9. The lowest BCUT2D eigenvalue weighted by Crippen LogP contribution is -2.17. The SMILES string of the molecule is Cc1c(C(=O)Cc2ccccc2)sc(NC(=O)c2ccc(S(C)(=O)=O)cc2)c1C(N)=O. The Hall–Kier alpha value is -3.30. The van der Waals surface area contributed by atoms with Crippen LogP contribution in [-0.2, 0) is 16.3 Å². The molecule has 3 aromatic rings. The van der Waals surface area contributed by atoms with E-state index in [-0.39, 0.29) is 33.2 Å². The number of Topliss-reactive ketones (excluding diaryl/α,β-unsaturated/α-hetero) is 1. The zero-order valence-corrected chi connectivity index (χ0v) is 18.5. The number of ketones is 1. The fourth-order valence-corrected chi connectivity index (χ4v) is 4.83. The van der Waals surface area contributed by atoms with Crippen molar-refractivity contribution in [2.24, 2.45) is 5.73 Å². The molecule has 2 amide bonds. The van der Waals surface area contributed by atoms with Crippen molar-refractivity contribution in [3.63, 3.8) is 0 Å². The molecule has 1 heterocycles. The lowest BCUT2D eigenvalue weighted by molar-refractivity contribution is 0.0993. The van der Waals surface area contributed by atoms with Crippen LogP contribution in [-0.4, -0.2) is 32.3 Å². The van der Waals surface area contributed by atoms with Crippen LogP contribution in [0.5, 0.6) is 0 Å². The third-order valence-electron chi connectivity index (χ3n) is 4.63. The van der Waals surface area contributed by atoms with E-state index in [4.69, 9.17) is 5.73 Å². The number of thiophene rings is 1. The molecule has 0 spiro atoms. The lowest BCUT2D eigenvalue weighted by atomic mass is 10.0. The van der Waals surface area contributed by atoms with Crippen LogP contribution >= 0.6 is 11.3 Å². The van der Waals surface area contributed by atoms with Crippen molar-refractivity contribution in [2.45, 2.75) is 18.2 Å². The summed E-state index contributed by atoms with van der Waals surface area (Å²) >= 11 is 0.994. The van der Waals surface area contributed by atoms with Crippen LogP contribution in [0, 0.1) is 6.92 Å². The highest BCUT2D eigenvalue weighted by atomic mass is 32.2. The Balaban J connectivity index is 1.88. The van der Waals surface area contributed by atoms with E-state index < -0.39 is 21.7 Å². The Morgan fingerprint density at radius 2 is 1.61 bits per heavy atom. The summed E-state index contributed by atoms with van der Waals surface area (Å²) in [6, 6.07) is 14.6. The van der Waals surface area contributed by atoms with Gasteiger partial charge in [0.2, 0.25) is 0 Å². The minimum atomic E-state index is -3.39. The third kappa shape index (κ3) is 5.07. The van der Waals surface area contributed by atoms with Crippen molar-refractivity contribution in [3.05, 3.63) is 81.7 Å². The molecule has 2 aromatic carbocycles. The largest absolute Gasteiger partial charge is 0.365 e. The van der Waals surface area contributed by atoms with Gasteiger partial charge in [-0.05, 0) is 42.3 Å². The normalized spacial score (nSPS) is 11.2. The van der Waals surface area contributed by atoms with Crippen molar-refractivity contribution in [1.29, 1.82) is 0 Å². The number of hydrogen-bond acceptors (Lipinski definition) is 6. The van der Waals surface area contributed by atoms with E-state index in [0.29, 0.717) is 10.4 Å². The number of rotatable bonds is 7. The summed E-state index contributed by atoms with van der Waals surface area (Å²) < 4.78 is 23.2. The maximum Gasteiger partial charge on any atom is 0.256 e. The minimum absolute atomic E-state index is 0.0857. The van der Waals surface area contributed by atoms with Gasteiger partial charge in [-0.3, -0.25) is 14.4 Å². The molecule has 0 bridgehead atoms. The van der Waals surface area contributed by atoms with Crippen LogP contribution in [0.25, 0.3) is 0 Å². The minimum Gasteiger partial charge on any atom is -0.365 e. The second-order valence-corrected chi connectivity index (χ2v) is 10.00. The molecule has 160 valence electrons. The molecule has 31 heavy (non-hydrogen) atoms. The first kappa shape index (κ1) is 22.4. The topological polar surface area (TPSA) is 123 Å². The molecule has 0 radical (unpaired) electrons. The first-order chi connectivity index (χ1) is 14.6. The molecule has 0 fully saturated rings. The van der Waals surface area contributed by atoms with Gasteiger partial charge in [0.1, 0.15) is 5.00 Å². The first-order valence-corrected chi connectivity index (χ1v) is 11.9. The molecule has 0 saturated heterocycles. The second kappa shape index (κ2) is 8.83. The van der Waals surface area contributed by atoms with Crippen molar-refractivity contribution in [1.82, 2.24) is 0 Å². The average molecular weight is 457 g/mol. The Labute approximate surface area is 183 Å². The molecule has 0 saturated carbocycles. The Morgan fingerprint density at radius 1 is 1.00 bits per heavy atom. The third-order valence-corrected chi connectivity index (χ3v) is 7.00. The fourth-order valence-electron chi connectivity index (χ4n) is 3.05. The smallest absolute Gasteiger partial charge is 0.256 e. The van der Waals surface area contributed by atoms with Crippen LogP contribution in [0.15, 0.2) is 59.5 Å². The standard InChI is InChI=1S/C22H20N2O5S2/c1-13-18(20(23)26)22(30-19(13)17(25)12-14-6-4-3-5-7-14)24-21(27)15-8-10-16(11-9-15)31(2,28)29/h3-11H,12H2,1-2H3,(H2,23,26)(H,24,27). The van der Waals surface area contributed by atoms with E-state index in [1.807, 2.05) is 30.3 Å². The van der Waals surface area contributed by atoms with Gasteiger partial charge in [-0.25, -0.2) is 8.42 Å².